The molecule has 2 bridgehead atoms. The summed E-state index contributed by atoms with van der Waals surface area (Å²) in [5.41, 5.74) is 0.283. The maximum atomic E-state index is 13.8. The zero-order valence-corrected chi connectivity index (χ0v) is 17.4. The topological polar surface area (TPSA) is 80.6 Å². The van der Waals surface area contributed by atoms with Crippen molar-refractivity contribution in [2.75, 3.05) is 6.54 Å². The van der Waals surface area contributed by atoms with Crippen LogP contribution in [-0.2, 0) is 34.5 Å². The van der Waals surface area contributed by atoms with E-state index in [2.05, 4.69) is 9.97 Å². The second-order valence-corrected chi connectivity index (χ2v) is 9.11. The second-order valence-electron chi connectivity index (χ2n) is 9.11. The largest absolute Gasteiger partial charge is 0.360 e. The Bertz CT molecular complexity index is 1060. The van der Waals surface area contributed by atoms with Gasteiger partial charge in [0, 0.05) is 44.4 Å². The quantitative estimate of drug-likeness (QED) is 0.659. The maximum Gasteiger partial charge on any atom is 0.230 e. The normalized spacial score (nSPS) is 30.8. The van der Waals surface area contributed by atoms with E-state index < -0.39 is 17.4 Å². The molecule has 160 valence electrons. The smallest absolute Gasteiger partial charge is 0.230 e. The molecule has 0 N–H and O–H groups in total. The number of imidazole rings is 1. The number of hydrogen-bond acceptors (Lipinski definition) is 5. The Morgan fingerprint density at radius 3 is 2.94 bits per heavy atom. The van der Waals surface area contributed by atoms with Gasteiger partial charge in [0.15, 0.2) is 0 Å². The van der Waals surface area contributed by atoms with E-state index in [4.69, 9.17) is 4.74 Å². The Balaban J connectivity index is 1.27. The van der Waals surface area contributed by atoms with E-state index in [0.29, 0.717) is 19.6 Å². The summed E-state index contributed by atoms with van der Waals surface area (Å²) in [5, 5.41) is 0. The first-order chi connectivity index (χ1) is 15.1. The standard InChI is InChI=1S/C23H25N5O3/c1-26-10-9-25-18(26)13-28(16-4-5-16)21(29)19-17-6-7-23(31-17)14-27(22(30)20(19)23)12-15-3-2-8-24-11-15/h2-3,6-11,16-17,19-20H,4-5,12-14H2,1H3/t17-,19-,20+,23-/m0/s1. The molecule has 1 spiro atoms. The van der Waals surface area contributed by atoms with Crippen molar-refractivity contribution < 1.29 is 14.3 Å². The van der Waals surface area contributed by atoms with Gasteiger partial charge in [-0.2, -0.15) is 0 Å². The van der Waals surface area contributed by atoms with Gasteiger partial charge in [-0.25, -0.2) is 4.98 Å². The molecule has 0 unspecified atom stereocenters. The van der Waals surface area contributed by atoms with E-state index >= 15 is 0 Å². The molecule has 0 aromatic carbocycles. The number of rotatable bonds is 6. The summed E-state index contributed by atoms with van der Waals surface area (Å²) in [5.74, 6) is -0.0674. The van der Waals surface area contributed by atoms with Gasteiger partial charge in [-0.1, -0.05) is 18.2 Å². The fourth-order valence-electron chi connectivity index (χ4n) is 5.37. The van der Waals surface area contributed by atoms with Gasteiger partial charge in [-0.15, -0.1) is 0 Å². The van der Waals surface area contributed by atoms with E-state index in [9.17, 15) is 9.59 Å². The number of carbonyl (C=O) groups excluding carboxylic acids is 2. The highest BCUT2D eigenvalue weighted by Gasteiger charge is 2.67. The molecule has 4 aliphatic rings. The minimum atomic E-state index is -0.692. The van der Waals surface area contributed by atoms with Gasteiger partial charge < -0.3 is 19.1 Å². The summed E-state index contributed by atoms with van der Waals surface area (Å²) in [6.45, 7) is 1.42. The highest BCUT2D eigenvalue weighted by molar-refractivity contribution is 5.93. The van der Waals surface area contributed by atoms with Crippen LogP contribution in [0, 0.1) is 11.8 Å². The summed E-state index contributed by atoms with van der Waals surface area (Å²) in [6.07, 6.45) is 12.8. The third-order valence-corrected chi connectivity index (χ3v) is 7.06. The van der Waals surface area contributed by atoms with Crippen LogP contribution in [0.5, 0.6) is 0 Å². The molecule has 1 aliphatic carbocycles. The summed E-state index contributed by atoms with van der Waals surface area (Å²) < 4.78 is 8.25. The van der Waals surface area contributed by atoms with Gasteiger partial charge >= 0.3 is 0 Å². The van der Waals surface area contributed by atoms with Crippen molar-refractivity contribution in [3.8, 4) is 0 Å². The lowest BCUT2D eigenvalue weighted by Crippen LogP contribution is -2.46. The van der Waals surface area contributed by atoms with Crippen molar-refractivity contribution in [1.29, 1.82) is 0 Å². The van der Waals surface area contributed by atoms with E-state index in [1.165, 1.54) is 0 Å². The fourth-order valence-corrected chi connectivity index (χ4v) is 5.37. The Morgan fingerprint density at radius 1 is 1.35 bits per heavy atom. The van der Waals surface area contributed by atoms with Crippen LogP contribution in [0.2, 0.25) is 0 Å². The van der Waals surface area contributed by atoms with Gasteiger partial charge in [0.2, 0.25) is 11.8 Å². The van der Waals surface area contributed by atoms with Crippen molar-refractivity contribution in [2.24, 2.45) is 18.9 Å². The highest BCUT2D eigenvalue weighted by Crippen LogP contribution is 2.53. The molecule has 4 atom stereocenters. The summed E-state index contributed by atoms with van der Waals surface area (Å²) >= 11 is 0. The number of aryl methyl sites for hydroxylation is 1. The lowest BCUT2D eigenvalue weighted by Gasteiger charge is -2.30. The van der Waals surface area contributed by atoms with Crippen molar-refractivity contribution in [2.45, 2.75) is 43.7 Å². The third kappa shape index (κ3) is 2.92. The Labute approximate surface area is 180 Å². The molecule has 5 heterocycles. The summed E-state index contributed by atoms with van der Waals surface area (Å²) in [4.78, 5) is 39.6. The average molecular weight is 419 g/mol. The first kappa shape index (κ1) is 18.7. The number of ether oxygens (including phenoxy) is 1. The number of fused-ring (bicyclic) bond motifs is 1. The van der Waals surface area contributed by atoms with Gasteiger partial charge in [-0.3, -0.25) is 14.6 Å². The minimum absolute atomic E-state index is 0.00166. The van der Waals surface area contributed by atoms with Crippen LogP contribution in [0.15, 0.2) is 49.1 Å². The Kier molecular flexibility index (Phi) is 4.08. The number of hydrogen-bond donors (Lipinski definition) is 0. The molecule has 8 heteroatoms. The average Bonchev–Trinajstić information content (AvgIpc) is 3.15. The van der Waals surface area contributed by atoms with E-state index in [0.717, 1.165) is 24.2 Å². The molecule has 1 saturated carbocycles. The molecule has 2 amide bonds. The number of pyridine rings is 1. The van der Waals surface area contributed by atoms with Crippen molar-refractivity contribution in [1.82, 2.24) is 24.3 Å². The first-order valence-corrected chi connectivity index (χ1v) is 10.9. The van der Waals surface area contributed by atoms with E-state index in [-0.39, 0.29) is 24.0 Å². The van der Waals surface area contributed by atoms with Crippen LogP contribution < -0.4 is 0 Å². The Morgan fingerprint density at radius 2 is 2.23 bits per heavy atom. The zero-order valence-electron chi connectivity index (χ0n) is 17.4. The number of nitrogens with zero attached hydrogens (tertiary/aromatic N) is 5. The first-order valence-electron chi connectivity index (χ1n) is 10.9. The SMILES string of the molecule is Cn1ccnc1CN(C(=O)[C@H]1[C@@H]2C=C[C@@]3(CN(Cc4cccnc4)C(=O)[C@@H]13)O2)C1CC1. The molecule has 2 saturated heterocycles. The molecule has 3 fully saturated rings. The number of aromatic nitrogens is 3. The maximum absolute atomic E-state index is 13.8. The van der Waals surface area contributed by atoms with Crippen LogP contribution in [-0.4, -0.2) is 60.4 Å². The summed E-state index contributed by atoms with van der Waals surface area (Å²) in [7, 11) is 1.94. The van der Waals surface area contributed by atoms with E-state index in [1.807, 2.05) is 51.9 Å². The fraction of sp³-hybridized carbons (Fsp3) is 0.478. The van der Waals surface area contributed by atoms with Gasteiger partial charge in [0.05, 0.1) is 31.0 Å². The second kappa shape index (κ2) is 6.75. The predicted molar refractivity (Wildman–Crippen MR) is 110 cm³/mol. The molecule has 8 nitrogen and oxygen atoms in total. The lowest BCUT2D eigenvalue weighted by molar-refractivity contribution is -0.144. The van der Waals surface area contributed by atoms with Crippen molar-refractivity contribution >= 4 is 11.8 Å². The molecule has 2 aromatic heterocycles. The number of amides is 2. The predicted octanol–water partition coefficient (Wildman–Crippen LogP) is 1.29. The van der Waals surface area contributed by atoms with E-state index in [1.54, 1.807) is 18.6 Å². The lowest BCUT2D eigenvalue weighted by atomic mass is 9.76. The third-order valence-electron chi connectivity index (χ3n) is 7.06. The molecule has 6 rings (SSSR count). The molecular weight excluding hydrogens is 394 g/mol. The van der Waals surface area contributed by atoms with Crippen LogP contribution >= 0.6 is 0 Å². The molecule has 0 radical (unpaired) electrons. The van der Waals surface area contributed by atoms with Crippen LogP contribution in [0.25, 0.3) is 0 Å². The van der Waals surface area contributed by atoms with Gasteiger partial charge in [0.25, 0.3) is 0 Å². The molecule has 3 aliphatic heterocycles. The number of carbonyl (C=O) groups is 2. The Hall–Kier alpha value is -3.00. The minimum Gasteiger partial charge on any atom is -0.360 e. The molecular formula is C23H25N5O3. The van der Waals surface area contributed by atoms with Crippen LogP contribution in [0.4, 0.5) is 0 Å². The van der Waals surface area contributed by atoms with Crippen molar-refractivity contribution in [3.63, 3.8) is 0 Å². The number of likely N-dealkylation sites (tertiary alicyclic amines) is 1. The van der Waals surface area contributed by atoms with Crippen molar-refractivity contribution in [3.05, 3.63) is 60.5 Å². The molecule has 31 heavy (non-hydrogen) atoms. The van der Waals surface area contributed by atoms with Gasteiger partial charge in [0.1, 0.15) is 11.4 Å². The van der Waals surface area contributed by atoms with Crippen LogP contribution in [0.1, 0.15) is 24.2 Å². The molecule has 2 aromatic rings. The van der Waals surface area contributed by atoms with Crippen LogP contribution in [0.3, 0.4) is 0 Å². The zero-order chi connectivity index (χ0) is 21.2. The highest BCUT2D eigenvalue weighted by atomic mass is 16.5. The van der Waals surface area contributed by atoms with Gasteiger partial charge in [-0.05, 0) is 24.5 Å². The summed E-state index contributed by atoms with van der Waals surface area (Å²) in [6, 6.07) is 4.06. The monoisotopic (exact) mass is 419 g/mol.